The van der Waals surface area contributed by atoms with Gasteiger partial charge in [0.1, 0.15) is 13.2 Å². The maximum Gasteiger partial charge on any atom is 0.306 e. The van der Waals surface area contributed by atoms with Crippen LogP contribution in [-0.2, 0) is 28.6 Å². The largest absolute Gasteiger partial charge is 0.462 e. The minimum absolute atomic E-state index is 0.126. The summed E-state index contributed by atoms with van der Waals surface area (Å²) in [6.07, 6.45) is 57.7. The molecule has 6 heteroatoms. The fraction of sp³-hybridized carbons (Fsp3) is 0.531. The molecule has 0 aromatic heterocycles. The van der Waals surface area contributed by atoms with Crippen LogP contribution in [0.25, 0.3) is 0 Å². The summed E-state index contributed by atoms with van der Waals surface area (Å²) in [5, 5.41) is 0. The van der Waals surface area contributed by atoms with Crippen molar-refractivity contribution in [2.75, 3.05) is 13.2 Å². The molecule has 0 spiro atoms. The van der Waals surface area contributed by atoms with Crippen molar-refractivity contribution in [2.24, 2.45) is 0 Å². The van der Waals surface area contributed by atoms with Crippen LogP contribution in [0, 0.1) is 0 Å². The number of ether oxygens (including phenoxy) is 3. The predicted octanol–water partition coefficient (Wildman–Crippen LogP) is 13.4. The molecule has 0 aliphatic carbocycles. The zero-order chi connectivity index (χ0) is 40.1. The summed E-state index contributed by atoms with van der Waals surface area (Å²) in [4.78, 5) is 37.5. The van der Waals surface area contributed by atoms with Gasteiger partial charge >= 0.3 is 17.9 Å². The van der Waals surface area contributed by atoms with Crippen LogP contribution in [-0.4, -0.2) is 37.2 Å². The Balaban J connectivity index is 4.52. The van der Waals surface area contributed by atoms with Gasteiger partial charge in [-0.1, -0.05) is 168 Å². The molecule has 0 N–H and O–H groups in total. The quantitative estimate of drug-likeness (QED) is 0.0210. The van der Waals surface area contributed by atoms with Gasteiger partial charge in [0.15, 0.2) is 6.10 Å². The Kier molecular flexibility index (Phi) is 39.3. The Morgan fingerprint density at radius 2 is 0.818 bits per heavy atom. The molecule has 0 aromatic rings. The Morgan fingerprint density at radius 3 is 1.40 bits per heavy atom. The predicted molar refractivity (Wildman–Crippen MR) is 233 cm³/mol. The molecule has 0 amide bonds. The molecule has 0 fully saturated rings. The molecule has 0 radical (unpaired) electrons. The lowest BCUT2D eigenvalue weighted by Gasteiger charge is -2.18. The molecule has 0 saturated heterocycles. The summed E-state index contributed by atoms with van der Waals surface area (Å²) >= 11 is 0. The summed E-state index contributed by atoms with van der Waals surface area (Å²) in [5.74, 6) is -1.06. The zero-order valence-corrected chi connectivity index (χ0v) is 34.6. The van der Waals surface area contributed by atoms with Gasteiger partial charge in [-0.15, -0.1) is 0 Å². The smallest absolute Gasteiger partial charge is 0.306 e. The first kappa shape index (κ1) is 50.8. The second-order valence-electron chi connectivity index (χ2n) is 13.3. The number of allylic oxidation sites excluding steroid dienone is 20. The Morgan fingerprint density at radius 1 is 0.400 bits per heavy atom. The minimum atomic E-state index is -0.824. The number of hydrogen-bond donors (Lipinski definition) is 0. The van der Waals surface area contributed by atoms with Crippen molar-refractivity contribution < 1.29 is 28.6 Å². The number of carbonyl (C=O) groups excluding carboxylic acids is 3. The fourth-order valence-corrected chi connectivity index (χ4v) is 4.99. The molecule has 0 bridgehead atoms. The highest BCUT2D eigenvalue weighted by Crippen LogP contribution is 2.10. The van der Waals surface area contributed by atoms with E-state index in [2.05, 4.69) is 69.4 Å². The average molecular weight is 759 g/mol. The van der Waals surface area contributed by atoms with E-state index in [-0.39, 0.29) is 50.4 Å². The third-order valence-corrected chi connectivity index (χ3v) is 8.13. The first-order valence-corrected chi connectivity index (χ1v) is 21.1. The molecule has 0 heterocycles. The zero-order valence-electron chi connectivity index (χ0n) is 34.6. The summed E-state index contributed by atoms with van der Waals surface area (Å²) in [6, 6.07) is 0. The van der Waals surface area contributed by atoms with Gasteiger partial charge in [0.25, 0.3) is 0 Å². The van der Waals surface area contributed by atoms with Gasteiger partial charge in [-0.25, -0.2) is 0 Å². The molecule has 306 valence electrons. The maximum atomic E-state index is 12.6. The second kappa shape index (κ2) is 42.6. The second-order valence-corrected chi connectivity index (χ2v) is 13.3. The number of hydrogen-bond acceptors (Lipinski definition) is 6. The highest BCUT2D eigenvalue weighted by atomic mass is 16.6. The Hall–Kier alpha value is -4.19. The van der Waals surface area contributed by atoms with Gasteiger partial charge in [0.05, 0.1) is 0 Å². The van der Waals surface area contributed by atoms with E-state index in [1.807, 2.05) is 72.9 Å². The van der Waals surface area contributed by atoms with E-state index in [1.54, 1.807) is 0 Å². The van der Waals surface area contributed by atoms with Crippen molar-refractivity contribution >= 4 is 17.9 Å². The molecule has 0 aliphatic rings. The van der Waals surface area contributed by atoms with Gasteiger partial charge in [0.2, 0.25) is 0 Å². The summed E-state index contributed by atoms with van der Waals surface area (Å²) < 4.78 is 16.5. The number of unbranched alkanes of at least 4 members (excludes halogenated alkanes) is 10. The van der Waals surface area contributed by atoms with Crippen LogP contribution in [0.5, 0.6) is 0 Å². The normalized spacial score (nSPS) is 13.3. The van der Waals surface area contributed by atoms with Gasteiger partial charge in [-0.05, 0) is 83.5 Å². The van der Waals surface area contributed by atoms with E-state index >= 15 is 0 Å². The van der Waals surface area contributed by atoms with Crippen molar-refractivity contribution in [1.29, 1.82) is 0 Å². The van der Waals surface area contributed by atoms with Crippen molar-refractivity contribution in [3.05, 3.63) is 122 Å². The lowest BCUT2D eigenvalue weighted by molar-refractivity contribution is -0.167. The molecule has 0 saturated carbocycles. The fourth-order valence-electron chi connectivity index (χ4n) is 4.99. The highest BCUT2D eigenvalue weighted by Gasteiger charge is 2.19. The maximum absolute atomic E-state index is 12.6. The summed E-state index contributed by atoms with van der Waals surface area (Å²) in [6.45, 7) is 6.18. The van der Waals surface area contributed by atoms with Crippen LogP contribution in [0.3, 0.4) is 0 Å². The van der Waals surface area contributed by atoms with Crippen molar-refractivity contribution in [3.63, 3.8) is 0 Å². The molecular weight excluding hydrogens is 685 g/mol. The first-order chi connectivity index (χ1) is 27.0. The standard InChI is InChI=1S/C49H74O6/c1-4-7-10-13-16-19-20-21-22-23-24-25-26-27-28-31-33-36-39-42-48(51)54-45-46(55-49(52)43-40-37-34-30-18-15-12-9-6-3)44-53-47(50)41-38-35-32-29-17-14-11-8-5-2/h7,9-10,12-13,16,18-30,32,46H,4-6,8,11,14-15,17,31,33-45H2,1-3H3/b10-7-,12-9-,16-13-,20-19-,22-21-,24-23+,26-25-,28-27-,30-18-,32-29-. The molecular formula is C49H74O6. The molecule has 0 aromatic carbocycles. The van der Waals surface area contributed by atoms with Crippen LogP contribution in [0.2, 0.25) is 0 Å². The lowest BCUT2D eigenvalue weighted by atomic mass is 10.1. The van der Waals surface area contributed by atoms with Crippen LogP contribution >= 0.6 is 0 Å². The van der Waals surface area contributed by atoms with Crippen LogP contribution in [0.1, 0.15) is 149 Å². The van der Waals surface area contributed by atoms with E-state index in [4.69, 9.17) is 14.2 Å². The third-order valence-electron chi connectivity index (χ3n) is 8.13. The number of carbonyl (C=O) groups is 3. The van der Waals surface area contributed by atoms with E-state index < -0.39 is 6.10 Å². The van der Waals surface area contributed by atoms with Gasteiger partial charge in [0, 0.05) is 19.3 Å². The summed E-state index contributed by atoms with van der Waals surface area (Å²) in [7, 11) is 0. The van der Waals surface area contributed by atoms with Crippen molar-refractivity contribution in [2.45, 2.75) is 155 Å². The molecule has 1 unspecified atom stereocenters. The van der Waals surface area contributed by atoms with Crippen LogP contribution < -0.4 is 0 Å². The molecule has 0 rings (SSSR count). The molecule has 1 atom stereocenters. The molecule has 55 heavy (non-hydrogen) atoms. The van der Waals surface area contributed by atoms with Gasteiger partial charge < -0.3 is 14.2 Å². The number of esters is 3. The van der Waals surface area contributed by atoms with Gasteiger partial charge in [-0.2, -0.15) is 0 Å². The van der Waals surface area contributed by atoms with E-state index in [0.29, 0.717) is 19.3 Å². The van der Waals surface area contributed by atoms with Crippen LogP contribution in [0.4, 0.5) is 0 Å². The molecule has 6 nitrogen and oxygen atoms in total. The SMILES string of the molecule is CC\C=C/C=C\C=C/C=C\C=C\C=C/C=C\CCCCCC(=O)OCC(COC(=O)CCC/C=C\CCCCCC)OC(=O)CCCC/C=C\C/C=C\CC. The monoisotopic (exact) mass is 759 g/mol. The topological polar surface area (TPSA) is 78.9 Å². The first-order valence-electron chi connectivity index (χ1n) is 21.1. The average Bonchev–Trinajstić information content (AvgIpc) is 3.18. The van der Waals surface area contributed by atoms with Crippen molar-refractivity contribution in [3.8, 4) is 0 Å². The van der Waals surface area contributed by atoms with Gasteiger partial charge in [-0.3, -0.25) is 14.4 Å². The lowest BCUT2D eigenvalue weighted by Crippen LogP contribution is -2.30. The highest BCUT2D eigenvalue weighted by molar-refractivity contribution is 5.71. The Bertz CT molecular complexity index is 1240. The Labute approximate surface area is 335 Å². The molecule has 0 aliphatic heterocycles. The van der Waals surface area contributed by atoms with Crippen LogP contribution in [0.15, 0.2) is 122 Å². The van der Waals surface area contributed by atoms with Crippen molar-refractivity contribution in [1.82, 2.24) is 0 Å². The number of rotatable bonds is 35. The third kappa shape index (κ3) is 40.8. The van der Waals surface area contributed by atoms with E-state index in [0.717, 1.165) is 64.2 Å². The van der Waals surface area contributed by atoms with E-state index in [1.165, 1.54) is 25.7 Å². The minimum Gasteiger partial charge on any atom is -0.462 e. The summed E-state index contributed by atoms with van der Waals surface area (Å²) in [5.41, 5.74) is 0. The van der Waals surface area contributed by atoms with E-state index in [9.17, 15) is 14.4 Å².